The van der Waals surface area contributed by atoms with E-state index in [-0.39, 0.29) is 5.38 Å². The van der Waals surface area contributed by atoms with Crippen LogP contribution in [0.3, 0.4) is 0 Å². The quantitative estimate of drug-likeness (QED) is 0.605. The minimum Gasteiger partial charge on any atom is -0.493 e. The zero-order valence-electron chi connectivity index (χ0n) is 11.0. The number of fused-ring (bicyclic) bond motifs is 1. The smallest absolute Gasteiger partial charge is 0.122 e. The van der Waals surface area contributed by atoms with Crippen LogP contribution in [-0.2, 0) is 12.8 Å². The Morgan fingerprint density at radius 2 is 2.33 bits per heavy atom. The highest BCUT2D eigenvalue weighted by Gasteiger charge is 2.11. The van der Waals surface area contributed by atoms with Crippen molar-refractivity contribution in [2.45, 2.75) is 38.0 Å². The van der Waals surface area contributed by atoms with Crippen LogP contribution in [0.1, 0.15) is 30.9 Å². The summed E-state index contributed by atoms with van der Waals surface area (Å²) in [6.45, 7) is 4.90. The number of halogens is 1. The van der Waals surface area contributed by atoms with E-state index in [1.54, 1.807) is 0 Å². The van der Waals surface area contributed by atoms with Crippen LogP contribution in [-0.4, -0.2) is 25.1 Å². The molecule has 100 valence electrons. The molecule has 3 heteroatoms. The van der Waals surface area contributed by atoms with E-state index < -0.39 is 0 Å². The molecule has 1 N–H and O–H groups in total. The Hall–Kier alpha value is -0.730. The maximum Gasteiger partial charge on any atom is 0.122 e. The predicted octanol–water partition coefficient (Wildman–Crippen LogP) is 3.16. The number of hydrogen-bond donors (Lipinski definition) is 1. The maximum atomic E-state index is 6.16. The number of benzene rings is 1. The first-order valence-corrected chi connectivity index (χ1v) is 7.32. The largest absolute Gasteiger partial charge is 0.493 e. The first-order chi connectivity index (χ1) is 8.79. The Bertz CT molecular complexity index is 381. The molecule has 2 nitrogen and oxygen atoms in total. The van der Waals surface area contributed by atoms with Gasteiger partial charge in [0.2, 0.25) is 0 Å². The molecule has 0 radical (unpaired) electrons. The molecule has 0 amide bonds. The van der Waals surface area contributed by atoms with Gasteiger partial charge in [0.05, 0.1) is 6.61 Å². The number of hydrogen-bond acceptors (Lipinski definition) is 2. The van der Waals surface area contributed by atoms with Crippen molar-refractivity contribution in [1.29, 1.82) is 0 Å². The average molecular weight is 268 g/mol. The molecule has 18 heavy (non-hydrogen) atoms. The topological polar surface area (TPSA) is 21.3 Å². The molecular weight excluding hydrogens is 246 g/mol. The van der Waals surface area contributed by atoms with Gasteiger partial charge in [-0.1, -0.05) is 25.5 Å². The third kappa shape index (κ3) is 3.89. The molecule has 1 atom stereocenters. The lowest BCUT2D eigenvalue weighted by atomic mass is 10.1. The van der Waals surface area contributed by atoms with E-state index in [4.69, 9.17) is 16.3 Å². The van der Waals surface area contributed by atoms with E-state index in [1.807, 2.05) is 0 Å². The van der Waals surface area contributed by atoms with Crippen molar-refractivity contribution >= 4 is 11.6 Å². The molecule has 1 aliphatic heterocycles. The first kappa shape index (κ1) is 13.7. The normalized spacial score (nSPS) is 15.2. The van der Waals surface area contributed by atoms with Crippen LogP contribution < -0.4 is 10.1 Å². The van der Waals surface area contributed by atoms with Gasteiger partial charge in [-0.05, 0) is 36.6 Å². The van der Waals surface area contributed by atoms with Gasteiger partial charge in [-0.2, -0.15) is 0 Å². The van der Waals surface area contributed by atoms with Crippen molar-refractivity contribution in [3.63, 3.8) is 0 Å². The third-order valence-corrected chi connectivity index (χ3v) is 3.68. The van der Waals surface area contributed by atoms with E-state index in [1.165, 1.54) is 11.1 Å². The second-order valence-corrected chi connectivity index (χ2v) is 5.50. The van der Waals surface area contributed by atoms with Crippen LogP contribution in [0.5, 0.6) is 5.75 Å². The van der Waals surface area contributed by atoms with Crippen LogP contribution in [0.2, 0.25) is 0 Å². The van der Waals surface area contributed by atoms with Crippen LogP contribution >= 0.6 is 11.6 Å². The van der Waals surface area contributed by atoms with Gasteiger partial charge in [0.25, 0.3) is 0 Å². The Balaban J connectivity index is 1.70. The van der Waals surface area contributed by atoms with E-state index >= 15 is 0 Å². The summed E-state index contributed by atoms with van der Waals surface area (Å²) < 4.78 is 5.50. The minimum absolute atomic E-state index is 0.267. The summed E-state index contributed by atoms with van der Waals surface area (Å²) in [6, 6.07) is 6.53. The minimum atomic E-state index is 0.267. The average Bonchev–Trinajstić information content (AvgIpc) is 2.82. The number of ether oxygens (including phenoxy) is 1. The Morgan fingerprint density at radius 1 is 1.44 bits per heavy atom. The molecule has 0 bridgehead atoms. The van der Waals surface area contributed by atoms with E-state index in [9.17, 15) is 0 Å². The lowest BCUT2D eigenvalue weighted by Crippen LogP contribution is -2.25. The summed E-state index contributed by atoms with van der Waals surface area (Å²) >= 11 is 6.16. The van der Waals surface area contributed by atoms with Crippen LogP contribution in [0.15, 0.2) is 18.2 Å². The monoisotopic (exact) mass is 267 g/mol. The van der Waals surface area contributed by atoms with E-state index in [2.05, 4.69) is 30.4 Å². The van der Waals surface area contributed by atoms with Crippen LogP contribution in [0.4, 0.5) is 0 Å². The highest BCUT2D eigenvalue weighted by Crippen LogP contribution is 2.25. The van der Waals surface area contributed by atoms with Crippen molar-refractivity contribution in [3.05, 3.63) is 29.3 Å². The summed E-state index contributed by atoms with van der Waals surface area (Å²) in [5.41, 5.74) is 2.74. The number of nitrogens with one attached hydrogen (secondary N) is 1. The molecule has 0 saturated heterocycles. The molecule has 0 aromatic heterocycles. The van der Waals surface area contributed by atoms with Gasteiger partial charge in [-0.25, -0.2) is 0 Å². The first-order valence-electron chi connectivity index (χ1n) is 6.89. The molecule has 1 unspecified atom stereocenters. The number of alkyl halides is 1. The molecule has 1 aromatic carbocycles. The summed E-state index contributed by atoms with van der Waals surface area (Å²) in [7, 11) is 0. The summed E-state index contributed by atoms with van der Waals surface area (Å²) in [5, 5.41) is 3.69. The Kier molecular flexibility index (Phi) is 5.33. The second kappa shape index (κ2) is 7.01. The lowest BCUT2D eigenvalue weighted by molar-refractivity contribution is 0.357. The van der Waals surface area contributed by atoms with Gasteiger partial charge in [0.1, 0.15) is 5.75 Å². The van der Waals surface area contributed by atoms with Crippen molar-refractivity contribution in [3.8, 4) is 5.75 Å². The van der Waals surface area contributed by atoms with Crippen LogP contribution in [0.25, 0.3) is 0 Å². The van der Waals surface area contributed by atoms with Gasteiger partial charge in [0.15, 0.2) is 0 Å². The molecular formula is C15H22ClNO. The molecule has 1 heterocycles. The van der Waals surface area contributed by atoms with Gasteiger partial charge in [-0.3, -0.25) is 0 Å². The molecule has 1 aromatic rings. The lowest BCUT2D eigenvalue weighted by Gasteiger charge is -2.10. The molecule has 0 aliphatic carbocycles. The van der Waals surface area contributed by atoms with E-state index in [0.717, 1.165) is 51.1 Å². The zero-order valence-corrected chi connectivity index (χ0v) is 11.8. The number of rotatable bonds is 7. The highest BCUT2D eigenvalue weighted by molar-refractivity contribution is 6.20. The summed E-state index contributed by atoms with van der Waals surface area (Å²) in [6.07, 6.45) is 4.35. The zero-order chi connectivity index (χ0) is 12.8. The van der Waals surface area contributed by atoms with Crippen LogP contribution in [0, 0.1) is 0 Å². The van der Waals surface area contributed by atoms with Crippen molar-refractivity contribution in [2.75, 3.05) is 19.7 Å². The van der Waals surface area contributed by atoms with Gasteiger partial charge in [-0.15, -0.1) is 11.6 Å². The molecule has 0 spiro atoms. The Labute approximate surface area is 115 Å². The van der Waals surface area contributed by atoms with Gasteiger partial charge < -0.3 is 10.1 Å². The Morgan fingerprint density at radius 3 is 3.17 bits per heavy atom. The highest BCUT2D eigenvalue weighted by atomic mass is 35.5. The van der Waals surface area contributed by atoms with Crippen molar-refractivity contribution in [1.82, 2.24) is 5.32 Å². The summed E-state index contributed by atoms with van der Waals surface area (Å²) in [4.78, 5) is 0. The molecule has 1 aliphatic rings. The maximum absolute atomic E-state index is 6.16. The fraction of sp³-hybridized carbons (Fsp3) is 0.600. The second-order valence-electron chi connectivity index (χ2n) is 4.88. The fourth-order valence-corrected chi connectivity index (χ4v) is 2.63. The van der Waals surface area contributed by atoms with E-state index in [0.29, 0.717) is 0 Å². The fourth-order valence-electron chi connectivity index (χ4n) is 2.30. The van der Waals surface area contributed by atoms with Gasteiger partial charge >= 0.3 is 0 Å². The standard InChI is InChI=1S/C15H22ClNO/c1-2-3-14(16)11-17-8-6-12-4-5-15-13(10-12)7-9-18-15/h4-5,10,14,17H,2-3,6-9,11H2,1H3. The van der Waals surface area contributed by atoms with Gasteiger partial charge in [0, 0.05) is 18.3 Å². The van der Waals surface area contributed by atoms with Crippen molar-refractivity contribution in [2.24, 2.45) is 0 Å². The summed E-state index contributed by atoms with van der Waals surface area (Å²) in [5.74, 6) is 1.07. The molecule has 2 rings (SSSR count). The SMILES string of the molecule is CCCC(Cl)CNCCc1ccc2c(c1)CCO2. The molecule has 0 fully saturated rings. The molecule has 0 saturated carbocycles. The predicted molar refractivity (Wildman–Crippen MR) is 76.8 cm³/mol. The third-order valence-electron chi connectivity index (χ3n) is 3.31. The van der Waals surface area contributed by atoms with Crippen molar-refractivity contribution < 1.29 is 4.74 Å².